The van der Waals surface area contributed by atoms with E-state index in [0.29, 0.717) is 11.1 Å². The van der Waals surface area contributed by atoms with Gasteiger partial charge in [0.2, 0.25) is 10.0 Å². The highest BCUT2D eigenvalue weighted by Crippen LogP contribution is 2.17. The highest BCUT2D eigenvalue weighted by molar-refractivity contribution is 7.89. The number of amides is 1. The van der Waals surface area contributed by atoms with E-state index in [9.17, 15) is 17.6 Å². The fourth-order valence-electron chi connectivity index (χ4n) is 2.20. The predicted molar refractivity (Wildman–Crippen MR) is 84.7 cm³/mol. The minimum Gasteiger partial charge on any atom is -0.337 e. The third-order valence-corrected chi connectivity index (χ3v) is 4.33. The lowest BCUT2D eigenvalue weighted by Gasteiger charge is -2.19. The van der Waals surface area contributed by atoms with Crippen LogP contribution in [0.25, 0.3) is 0 Å². The van der Waals surface area contributed by atoms with Gasteiger partial charge in [-0.25, -0.2) is 17.9 Å². The Morgan fingerprint density at radius 2 is 1.91 bits per heavy atom. The first kappa shape index (κ1) is 17.1. The molecule has 122 valence electrons. The second kappa shape index (κ2) is 6.47. The molecule has 0 aliphatic rings. The maximum Gasteiger partial charge on any atom is 0.254 e. The number of carbonyl (C=O) groups is 1. The molecular formula is C16H17FN2O3S. The van der Waals surface area contributed by atoms with E-state index >= 15 is 0 Å². The fraction of sp³-hybridized carbons (Fsp3) is 0.188. The molecule has 0 saturated heterocycles. The molecule has 0 spiro atoms. The van der Waals surface area contributed by atoms with Crippen LogP contribution in [0.4, 0.5) is 4.39 Å². The number of hydrogen-bond acceptors (Lipinski definition) is 3. The third kappa shape index (κ3) is 4.14. The van der Waals surface area contributed by atoms with Gasteiger partial charge in [0.25, 0.3) is 5.91 Å². The van der Waals surface area contributed by atoms with E-state index in [4.69, 9.17) is 5.14 Å². The first-order valence-corrected chi connectivity index (χ1v) is 8.36. The Balaban J connectivity index is 2.29. The Bertz CT molecular complexity index is 850. The van der Waals surface area contributed by atoms with Crippen LogP contribution in [0.15, 0.2) is 47.4 Å². The lowest BCUT2D eigenvalue weighted by molar-refractivity contribution is 0.0784. The smallest absolute Gasteiger partial charge is 0.254 e. The van der Waals surface area contributed by atoms with Crippen molar-refractivity contribution in [3.05, 3.63) is 65.0 Å². The summed E-state index contributed by atoms with van der Waals surface area (Å²) in [5.41, 5.74) is 1.52. The summed E-state index contributed by atoms with van der Waals surface area (Å²) in [6, 6.07) is 10.1. The Morgan fingerprint density at radius 3 is 2.52 bits per heavy atom. The van der Waals surface area contributed by atoms with E-state index in [1.165, 1.54) is 35.2 Å². The number of nitrogens with two attached hydrogens (primary N) is 1. The number of hydrogen-bond donors (Lipinski definition) is 1. The first-order valence-electron chi connectivity index (χ1n) is 6.82. The number of halogens is 1. The van der Waals surface area contributed by atoms with E-state index in [0.717, 1.165) is 0 Å². The molecule has 2 rings (SSSR count). The summed E-state index contributed by atoms with van der Waals surface area (Å²) in [5, 5.41) is 5.10. The number of rotatable bonds is 4. The van der Waals surface area contributed by atoms with Crippen molar-refractivity contribution in [1.82, 2.24) is 4.90 Å². The summed E-state index contributed by atoms with van der Waals surface area (Å²) >= 11 is 0. The molecule has 0 unspecified atom stereocenters. The number of nitrogens with zero attached hydrogens (tertiary/aromatic N) is 1. The van der Waals surface area contributed by atoms with Crippen LogP contribution < -0.4 is 5.14 Å². The van der Waals surface area contributed by atoms with Gasteiger partial charge in [-0.15, -0.1) is 0 Å². The predicted octanol–water partition coefficient (Wildman–Crippen LogP) is 2.05. The van der Waals surface area contributed by atoms with Crippen molar-refractivity contribution in [3.63, 3.8) is 0 Å². The van der Waals surface area contributed by atoms with Gasteiger partial charge in [-0.3, -0.25) is 4.79 Å². The molecule has 2 aromatic rings. The highest BCUT2D eigenvalue weighted by Gasteiger charge is 2.18. The third-order valence-electron chi connectivity index (χ3n) is 3.42. The molecule has 0 aliphatic heterocycles. The SMILES string of the molecule is Cc1ccc(S(N)(=O)=O)cc1C(=O)N(C)Cc1cccc(F)c1. The Kier molecular flexibility index (Phi) is 4.82. The second-order valence-electron chi connectivity index (χ2n) is 5.31. The van der Waals surface area contributed by atoms with Crippen LogP contribution in [-0.4, -0.2) is 26.3 Å². The summed E-state index contributed by atoms with van der Waals surface area (Å²) in [5.74, 6) is -0.743. The van der Waals surface area contributed by atoms with Gasteiger partial charge < -0.3 is 4.90 Å². The van der Waals surface area contributed by atoms with Gasteiger partial charge in [-0.05, 0) is 42.3 Å². The van der Waals surface area contributed by atoms with Crippen molar-refractivity contribution in [1.29, 1.82) is 0 Å². The van der Waals surface area contributed by atoms with Gasteiger partial charge in [0.1, 0.15) is 5.82 Å². The molecule has 0 radical (unpaired) electrons. The van der Waals surface area contributed by atoms with Crippen LogP contribution in [0, 0.1) is 12.7 Å². The second-order valence-corrected chi connectivity index (χ2v) is 6.87. The van der Waals surface area contributed by atoms with Gasteiger partial charge in [0.05, 0.1) is 4.90 Å². The first-order chi connectivity index (χ1) is 10.7. The van der Waals surface area contributed by atoms with Crippen LogP contribution in [-0.2, 0) is 16.6 Å². The highest BCUT2D eigenvalue weighted by atomic mass is 32.2. The average Bonchev–Trinajstić information content (AvgIpc) is 2.45. The van der Waals surface area contributed by atoms with Gasteiger partial charge >= 0.3 is 0 Å². The monoisotopic (exact) mass is 336 g/mol. The normalized spacial score (nSPS) is 11.3. The summed E-state index contributed by atoms with van der Waals surface area (Å²) in [7, 11) is -2.32. The number of aryl methyl sites for hydroxylation is 1. The molecule has 23 heavy (non-hydrogen) atoms. The zero-order valence-electron chi connectivity index (χ0n) is 12.8. The molecule has 2 aromatic carbocycles. The van der Waals surface area contributed by atoms with Crippen LogP contribution in [0.5, 0.6) is 0 Å². The van der Waals surface area contributed by atoms with Crippen molar-refractivity contribution in [3.8, 4) is 0 Å². The number of sulfonamides is 1. The van der Waals surface area contributed by atoms with Crippen molar-refractivity contribution in [2.75, 3.05) is 7.05 Å². The summed E-state index contributed by atoms with van der Waals surface area (Å²) < 4.78 is 36.1. The Hall–Kier alpha value is -2.25. The molecule has 0 aliphatic carbocycles. The van der Waals surface area contributed by atoms with E-state index in [1.54, 1.807) is 26.1 Å². The van der Waals surface area contributed by atoms with Crippen LogP contribution in [0.2, 0.25) is 0 Å². The summed E-state index contributed by atoms with van der Waals surface area (Å²) in [4.78, 5) is 13.8. The molecule has 0 atom stereocenters. The van der Waals surface area contributed by atoms with Crippen molar-refractivity contribution in [2.24, 2.45) is 5.14 Å². The van der Waals surface area contributed by atoms with Gasteiger partial charge in [-0.2, -0.15) is 0 Å². The molecule has 1 amide bonds. The molecule has 0 aromatic heterocycles. The van der Waals surface area contributed by atoms with Crippen LogP contribution in [0.1, 0.15) is 21.5 Å². The molecule has 5 nitrogen and oxygen atoms in total. The number of primary sulfonamides is 1. The fourth-order valence-corrected chi connectivity index (χ4v) is 2.73. The minimum atomic E-state index is -3.89. The van der Waals surface area contributed by atoms with Gasteiger partial charge in [-0.1, -0.05) is 18.2 Å². The maximum atomic E-state index is 13.2. The number of benzene rings is 2. The molecule has 0 bridgehead atoms. The van der Waals surface area contributed by atoms with Gasteiger partial charge in [0, 0.05) is 19.2 Å². The summed E-state index contributed by atoms with van der Waals surface area (Å²) in [6.45, 7) is 1.91. The van der Waals surface area contributed by atoms with Gasteiger partial charge in [0.15, 0.2) is 0 Å². The molecule has 0 heterocycles. The average molecular weight is 336 g/mol. The minimum absolute atomic E-state index is 0.120. The summed E-state index contributed by atoms with van der Waals surface area (Å²) in [6.07, 6.45) is 0. The van der Waals surface area contributed by atoms with Crippen LogP contribution in [0.3, 0.4) is 0 Å². The van der Waals surface area contributed by atoms with Crippen LogP contribution >= 0.6 is 0 Å². The largest absolute Gasteiger partial charge is 0.337 e. The molecule has 7 heteroatoms. The van der Waals surface area contributed by atoms with Crippen molar-refractivity contribution < 1.29 is 17.6 Å². The molecule has 2 N–H and O–H groups in total. The lowest BCUT2D eigenvalue weighted by Crippen LogP contribution is -2.27. The van der Waals surface area contributed by atoms with E-state index in [1.807, 2.05) is 0 Å². The standard InChI is InChI=1S/C16H17FN2O3S/c1-11-6-7-14(23(18,21)22)9-15(11)16(20)19(2)10-12-4-3-5-13(17)8-12/h3-9H,10H2,1-2H3,(H2,18,21,22). The van der Waals surface area contributed by atoms with E-state index in [-0.39, 0.29) is 28.7 Å². The number of carbonyl (C=O) groups excluding carboxylic acids is 1. The van der Waals surface area contributed by atoms with Crippen molar-refractivity contribution >= 4 is 15.9 Å². The molecular weight excluding hydrogens is 319 g/mol. The molecule has 0 fully saturated rings. The topological polar surface area (TPSA) is 80.5 Å². The lowest BCUT2D eigenvalue weighted by atomic mass is 10.1. The van der Waals surface area contributed by atoms with Crippen molar-refractivity contribution in [2.45, 2.75) is 18.4 Å². The van der Waals surface area contributed by atoms with E-state index < -0.39 is 10.0 Å². The Labute approximate surface area is 134 Å². The zero-order chi connectivity index (χ0) is 17.2. The quantitative estimate of drug-likeness (QED) is 0.928. The van der Waals surface area contributed by atoms with E-state index in [2.05, 4.69) is 0 Å². The maximum absolute atomic E-state index is 13.2. The zero-order valence-corrected chi connectivity index (χ0v) is 13.6. The molecule has 0 saturated carbocycles. The Morgan fingerprint density at radius 1 is 1.22 bits per heavy atom.